The minimum Gasteiger partial charge on any atom is -0.482 e. The van der Waals surface area contributed by atoms with Crippen LogP contribution in [-0.2, 0) is 14.3 Å². The van der Waals surface area contributed by atoms with Crippen LogP contribution in [-0.4, -0.2) is 37.7 Å². The molecule has 1 heterocycles. The quantitative estimate of drug-likeness (QED) is 0.466. The van der Waals surface area contributed by atoms with Crippen LogP contribution >= 0.6 is 11.6 Å². The Morgan fingerprint density at radius 3 is 2.72 bits per heavy atom. The van der Waals surface area contributed by atoms with Crippen LogP contribution in [0.2, 0.25) is 5.02 Å². The van der Waals surface area contributed by atoms with Gasteiger partial charge in [-0.1, -0.05) is 35.4 Å². The smallest absolute Gasteiger partial charge is 0.262 e. The maximum atomic E-state index is 12.3. The first-order chi connectivity index (χ1) is 15.4. The lowest BCUT2D eigenvalue weighted by Gasteiger charge is -2.11. The minimum atomic E-state index is -0.466. The summed E-state index contributed by atoms with van der Waals surface area (Å²) in [5, 5.41) is 15.1. The van der Waals surface area contributed by atoms with Crippen molar-refractivity contribution in [2.24, 2.45) is 0 Å². The van der Waals surface area contributed by atoms with Crippen molar-refractivity contribution in [2.75, 3.05) is 25.1 Å². The van der Waals surface area contributed by atoms with Crippen molar-refractivity contribution in [3.8, 4) is 11.8 Å². The average molecular weight is 454 g/mol. The summed E-state index contributed by atoms with van der Waals surface area (Å²) in [5.41, 5.74) is 2.30. The molecule has 1 aliphatic heterocycles. The first-order valence-corrected chi connectivity index (χ1v) is 10.6. The molecule has 2 aromatic carbocycles. The van der Waals surface area contributed by atoms with Crippen molar-refractivity contribution in [2.45, 2.75) is 25.9 Å². The van der Waals surface area contributed by atoms with Gasteiger partial charge < -0.3 is 20.1 Å². The van der Waals surface area contributed by atoms with Crippen LogP contribution in [0.4, 0.5) is 5.69 Å². The lowest BCUT2D eigenvalue weighted by molar-refractivity contribution is -0.118. The molecule has 7 nitrogen and oxygen atoms in total. The van der Waals surface area contributed by atoms with E-state index >= 15 is 0 Å². The summed E-state index contributed by atoms with van der Waals surface area (Å²) in [6, 6.07) is 14.1. The van der Waals surface area contributed by atoms with Gasteiger partial charge >= 0.3 is 0 Å². The van der Waals surface area contributed by atoms with E-state index in [9.17, 15) is 14.9 Å². The fraction of sp³-hybridized carbons (Fsp3) is 0.292. The van der Waals surface area contributed by atoms with Crippen LogP contribution in [0, 0.1) is 18.3 Å². The largest absolute Gasteiger partial charge is 0.482 e. The van der Waals surface area contributed by atoms with Gasteiger partial charge in [0.2, 0.25) is 0 Å². The normalized spacial score (nSPS) is 15.7. The van der Waals surface area contributed by atoms with E-state index in [2.05, 4.69) is 10.6 Å². The van der Waals surface area contributed by atoms with E-state index in [0.29, 0.717) is 30.2 Å². The molecule has 1 atom stereocenters. The third kappa shape index (κ3) is 6.84. The number of anilines is 1. The van der Waals surface area contributed by atoms with Crippen LogP contribution < -0.4 is 15.4 Å². The molecular formula is C24H24ClN3O4. The van der Waals surface area contributed by atoms with Crippen molar-refractivity contribution in [1.29, 1.82) is 5.26 Å². The van der Waals surface area contributed by atoms with Gasteiger partial charge in [-0.25, -0.2) is 0 Å². The highest BCUT2D eigenvalue weighted by atomic mass is 35.5. The number of nitrogens with zero attached hydrogens (tertiary/aromatic N) is 1. The fourth-order valence-corrected chi connectivity index (χ4v) is 3.37. The summed E-state index contributed by atoms with van der Waals surface area (Å²) < 4.78 is 11.0. The third-order valence-corrected chi connectivity index (χ3v) is 5.14. The molecule has 2 aromatic rings. The molecule has 166 valence electrons. The second-order valence-electron chi connectivity index (χ2n) is 7.41. The number of benzene rings is 2. The third-order valence-electron chi connectivity index (χ3n) is 4.84. The van der Waals surface area contributed by atoms with Crippen LogP contribution in [0.1, 0.15) is 24.0 Å². The van der Waals surface area contributed by atoms with E-state index in [4.69, 9.17) is 21.1 Å². The van der Waals surface area contributed by atoms with E-state index < -0.39 is 5.91 Å². The summed E-state index contributed by atoms with van der Waals surface area (Å²) in [6.45, 7) is 2.82. The maximum absolute atomic E-state index is 12.3. The molecule has 0 spiro atoms. The Morgan fingerprint density at radius 2 is 2.06 bits per heavy atom. The Kier molecular flexibility index (Phi) is 8.26. The predicted molar refractivity (Wildman–Crippen MR) is 122 cm³/mol. The number of amides is 2. The number of halogens is 1. The molecule has 1 saturated heterocycles. The zero-order valence-electron chi connectivity index (χ0n) is 17.7. The van der Waals surface area contributed by atoms with Crippen LogP contribution in [0.25, 0.3) is 6.08 Å². The molecule has 3 rings (SSSR count). The summed E-state index contributed by atoms with van der Waals surface area (Å²) in [5.74, 6) is -0.458. The average Bonchev–Trinajstić information content (AvgIpc) is 3.30. The molecule has 8 heteroatoms. The SMILES string of the molecule is Cc1ccc(NC(=O)COc2ccc(/C=C(\C#N)C(=O)NCC3CCCO3)cc2Cl)cc1. The Balaban J connectivity index is 1.55. The lowest BCUT2D eigenvalue weighted by atomic mass is 10.1. The molecule has 0 radical (unpaired) electrons. The summed E-state index contributed by atoms with van der Waals surface area (Å²) in [6.07, 6.45) is 3.31. The van der Waals surface area contributed by atoms with Crippen molar-refractivity contribution < 1.29 is 19.1 Å². The van der Waals surface area contributed by atoms with E-state index in [1.54, 1.807) is 18.2 Å². The number of aryl methyl sites for hydroxylation is 1. The molecule has 0 aromatic heterocycles. The highest BCUT2D eigenvalue weighted by molar-refractivity contribution is 6.32. The van der Waals surface area contributed by atoms with Gasteiger partial charge in [0.15, 0.2) is 6.61 Å². The van der Waals surface area contributed by atoms with Crippen LogP contribution in [0.3, 0.4) is 0 Å². The molecule has 0 aliphatic carbocycles. The van der Waals surface area contributed by atoms with Gasteiger partial charge in [0.05, 0.1) is 11.1 Å². The highest BCUT2D eigenvalue weighted by Crippen LogP contribution is 2.26. The van der Waals surface area contributed by atoms with E-state index in [1.807, 2.05) is 37.3 Å². The first kappa shape index (κ1) is 23.3. The molecule has 2 amide bonds. The number of hydrogen-bond acceptors (Lipinski definition) is 5. The predicted octanol–water partition coefficient (Wildman–Crippen LogP) is 3.87. The Hall–Kier alpha value is -3.34. The lowest BCUT2D eigenvalue weighted by Crippen LogP contribution is -2.32. The summed E-state index contributed by atoms with van der Waals surface area (Å²) in [4.78, 5) is 24.4. The molecule has 0 saturated carbocycles. The monoisotopic (exact) mass is 453 g/mol. The van der Waals surface area contributed by atoms with Crippen LogP contribution in [0.5, 0.6) is 5.75 Å². The number of carbonyl (C=O) groups excluding carboxylic acids is 2. The van der Waals surface area contributed by atoms with Gasteiger partial charge in [-0.2, -0.15) is 5.26 Å². The summed E-state index contributed by atoms with van der Waals surface area (Å²) >= 11 is 6.26. The topological polar surface area (TPSA) is 100 Å². The number of rotatable bonds is 8. The second kappa shape index (κ2) is 11.3. The number of ether oxygens (including phenoxy) is 2. The van der Waals surface area contributed by atoms with Crippen molar-refractivity contribution in [1.82, 2.24) is 5.32 Å². The molecule has 1 aliphatic rings. The molecule has 0 bridgehead atoms. The van der Waals surface area contributed by atoms with Crippen molar-refractivity contribution >= 4 is 35.2 Å². The van der Waals surface area contributed by atoms with E-state index in [0.717, 1.165) is 18.4 Å². The Labute approximate surface area is 192 Å². The number of nitriles is 1. The van der Waals surface area contributed by atoms with Gasteiger partial charge in [-0.3, -0.25) is 9.59 Å². The molecule has 1 fully saturated rings. The van der Waals surface area contributed by atoms with Gasteiger partial charge in [0.25, 0.3) is 11.8 Å². The molecule has 32 heavy (non-hydrogen) atoms. The zero-order valence-corrected chi connectivity index (χ0v) is 18.4. The maximum Gasteiger partial charge on any atom is 0.262 e. The van der Waals surface area contributed by atoms with Gasteiger partial charge in [-0.15, -0.1) is 0 Å². The molecule has 2 N–H and O–H groups in total. The minimum absolute atomic E-state index is 0.00650. The van der Waals surface area contributed by atoms with Crippen LogP contribution in [0.15, 0.2) is 48.0 Å². The van der Waals surface area contributed by atoms with Crippen molar-refractivity contribution in [3.63, 3.8) is 0 Å². The Morgan fingerprint density at radius 1 is 1.28 bits per heavy atom. The standard InChI is InChI=1S/C24H24ClN3O4/c1-16-4-7-19(8-5-16)28-23(29)15-32-22-9-6-17(12-21(22)25)11-18(13-26)24(30)27-14-20-3-2-10-31-20/h4-9,11-12,20H,2-3,10,14-15H2,1H3,(H,27,30)(H,28,29)/b18-11+. The molecule has 1 unspecified atom stereocenters. The Bertz CT molecular complexity index is 1040. The second-order valence-corrected chi connectivity index (χ2v) is 7.81. The highest BCUT2D eigenvalue weighted by Gasteiger charge is 2.17. The first-order valence-electron chi connectivity index (χ1n) is 10.2. The number of hydrogen-bond donors (Lipinski definition) is 2. The van der Waals surface area contributed by atoms with Gasteiger partial charge in [0.1, 0.15) is 17.4 Å². The van der Waals surface area contributed by atoms with E-state index in [-0.39, 0.29) is 29.2 Å². The number of carbonyl (C=O) groups is 2. The van der Waals surface area contributed by atoms with E-state index in [1.165, 1.54) is 6.08 Å². The molecular weight excluding hydrogens is 430 g/mol. The number of nitrogens with one attached hydrogen (secondary N) is 2. The van der Waals surface area contributed by atoms with Gasteiger partial charge in [0, 0.05) is 18.8 Å². The zero-order chi connectivity index (χ0) is 22.9. The fourth-order valence-electron chi connectivity index (χ4n) is 3.12. The van der Waals surface area contributed by atoms with Gasteiger partial charge in [-0.05, 0) is 55.7 Å². The summed E-state index contributed by atoms with van der Waals surface area (Å²) in [7, 11) is 0. The van der Waals surface area contributed by atoms with Crippen molar-refractivity contribution in [3.05, 3.63) is 64.2 Å².